The standard InChI is InChI=1S/C10H20N2O2/c1-7(2)9(13)8(3)12(6)10(14)11(4)5/h7-8H,1-6H3. The maximum atomic E-state index is 11.6. The van der Waals surface area contributed by atoms with Crippen molar-refractivity contribution in [2.45, 2.75) is 26.8 Å². The quantitative estimate of drug-likeness (QED) is 0.687. The molecule has 0 aromatic carbocycles. The van der Waals surface area contributed by atoms with E-state index in [0.29, 0.717) is 0 Å². The summed E-state index contributed by atoms with van der Waals surface area (Å²) in [5.41, 5.74) is 0. The lowest BCUT2D eigenvalue weighted by atomic mass is 10.0. The van der Waals surface area contributed by atoms with Crippen molar-refractivity contribution < 1.29 is 9.59 Å². The number of nitrogens with zero attached hydrogens (tertiary/aromatic N) is 2. The Morgan fingerprint density at radius 2 is 1.43 bits per heavy atom. The molecule has 0 N–H and O–H groups in total. The van der Waals surface area contributed by atoms with Gasteiger partial charge in [0.15, 0.2) is 5.78 Å². The normalized spacial score (nSPS) is 12.5. The number of carbonyl (C=O) groups is 2. The van der Waals surface area contributed by atoms with Gasteiger partial charge in [-0.2, -0.15) is 0 Å². The van der Waals surface area contributed by atoms with E-state index in [0.717, 1.165) is 0 Å². The summed E-state index contributed by atoms with van der Waals surface area (Å²) in [6.07, 6.45) is 0. The first-order valence-electron chi connectivity index (χ1n) is 4.76. The van der Waals surface area contributed by atoms with Crippen LogP contribution in [0.5, 0.6) is 0 Å². The first-order chi connectivity index (χ1) is 6.29. The Kier molecular flexibility index (Phi) is 4.60. The maximum absolute atomic E-state index is 11.6. The van der Waals surface area contributed by atoms with E-state index in [-0.39, 0.29) is 23.8 Å². The van der Waals surface area contributed by atoms with Gasteiger partial charge in [0.1, 0.15) is 0 Å². The summed E-state index contributed by atoms with van der Waals surface area (Å²) < 4.78 is 0. The van der Waals surface area contributed by atoms with Crippen molar-refractivity contribution in [3.05, 3.63) is 0 Å². The molecule has 0 heterocycles. The molecule has 0 aromatic heterocycles. The second-order valence-corrected chi connectivity index (χ2v) is 4.02. The highest BCUT2D eigenvalue weighted by Gasteiger charge is 2.24. The summed E-state index contributed by atoms with van der Waals surface area (Å²) in [5.74, 6) is 0.0464. The van der Waals surface area contributed by atoms with Gasteiger partial charge in [0.2, 0.25) is 0 Å². The average molecular weight is 200 g/mol. The minimum absolute atomic E-state index is 0.0394. The van der Waals surface area contributed by atoms with Crippen LogP contribution in [-0.2, 0) is 4.79 Å². The Balaban J connectivity index is 4.46. The SMILES string of the molecule is CC(C)C(=O)C(C)N(C)C(=O)N(C)C. The minimum atomic E-state index is -0.357. The Morgan fingerprint density at radius 3 is 1.71 bits per heavy atom. The fourth-order valence-corrected chi connectivity index (χ4v) is 1.15. The van der Waals surface area contributed by atoms with Crippen molar-refractivity contribution in [1.29, 1.82) is 0 Å². The van der Waals surface area contributed by atoms with E-state index in [1.165, 1.54) is 9.80 Å². The third kappa shape index (κ3) is 3.01. The number of carbonyl (C=O) groups excluding carboxylic acids is 2. The lowest BCUT2D eigenvalue weighted by Gasteiger charge is -2.27. The smallest absolute Gasteiger partial charge is 0.319 e. The highest BCUT2D eigenvalue weighted by atomic mass is 16.2. The molecule has 4 heteroatoms. The number of ketones is 1. The van der Waals surface area contributed by atoms with Gasteiger partial charge in [0, 0.05) is 27.1 Å². The summed E-state index contributed by atoms with van der Waals surface area (Å²) in [6, 6.07) is -0.503. The molecule has 0 aliphatic carbocycles. The highest BCUT2D eigenvalue weighted by Crippen LogP contribution is 2.06. The number of Topliss-reactive ketones (excluding diaryl/α,β-unsaturated/α-hetero) is 1. The molecule has 82 valence electrons. The van der Waals surface area contributed by atoms with Gasteiger partial charge in [-0.15, -0.1) is 0 Å². The Bertz CT molecular complexity index is 200. The largest absolute Gasteiger partial charge is 0.331 e. The molecule has 0 bridgehead atoms. The van der Waals surface area contributed by atoms with Crippen LogP contribution in [0.15, 0.2) is 0 Å². The van der Waals surface area contributed by atoms with Crippen LogP contribution in [0.2, 0.25) is 0 Å². The average Bonchev–Trinajstić information content (AvgIpc) is 2.12. The first kappa shape index (κ1) is 12.9. The predicted molar refractivity (Wildman–Crippen MR) is 56.2 cm³/mol. The number of hydrogen-bond donors (Lipinski definition) is 0. The molecule has 4 nitrogen and oxygen atoms in total. The Hall–Kier alpha value is -1.06. The van der Waals surface area contributed by atoms with E-state index in [9.17, 15) is 9.59 Å². The van der Waals surface area contributed by atoms with Crippen LogP contribution >= 0.6 is 0 Å². The van der Waals surface area contributed by atoms with Crippen LogP contribution < -0.4 is 0 Å². The molecular formula is C10H20N2O2. The van der Waals surface area contributed by atoms with Crippen molar-refractivity contribution in [2.75, 3.05) is 21.1 Å². The molecule has 2 amide bonds. The van der Waals surface area contributed by atoms with E-state index >= 15 is 0 Å². The fourth-order valence-electron chi connectivity index (χ4n) is 1.15. The third-order valence-electron chi connectivity index (χ3n) is 2.25. The Morgan fingerprint density at radius 1 is 1.00 bits per heavy atom. The summed E-state index contributed by atoms with van der Waals surface area (Å²) in [4.78, 5) is 26.0. The molecule has 0 fully saturated rings. The van der Waals surface area contributed by atoms with Gasteiger partial charge in [0.25, 0.3) is 0 Å². The second-order valence-electron chi connectivity index (χ2n) is 4.02. The number of hydrogen-bond acceptors (Lipinski definition) is 2. The zero-order valence-electron chi connectivity index (χ0n) is 9.87. The number of rotatable bonds is 3. The van der Waals surface area contributed by atoms with Crippen LogP contribution in [-0.4, -0.2) is 48.8 Å². The van der Waals surface area contributed by atoms with Crippen LogP contribution in [0.4, 0.5) is 4.79 Å². The molecule has 0 aromatic rings. The van der Waals surface area contributed by atoms with E-state index in [1.807, 2.05) is 13.8 Å². The molecule has 0 aliphatic heterocycles. The third-order valence-corrected chi connectivity index (χ3v) is 2.25. The summed E-state index contributed by atoms with van der Waals surface area (Å²) in [6.45, 7) is 5.43. The monoisotopic (exact) mass is 200 g/mol. The van der Waals surface area contributed by atoms with E-state index in [2.05, 4.69) is 0 Å². The van der Waals surface area contributed by atoms with Crippen molar-refractivity contribution in [2.24, 2.45) is 5.92 Å². The van der Waals surface area contributed by atoms with Gasteiger partial charge < -0.3 is 9.80 Å². The van der Waals surface area contributed by atoms with Gasteiger partial charge in [-0.05, 0) is 6.92 Å². The molecule has 0 rings (SSSR count). The lowest BCUT2D eigenvalue weighted by molar-refractivity contribution is -0.125. The number of urea groups is 1. The van der Waals surface area contributed by atoms with Crippen LogP contribution in [0.1, 0.15) is 20.8 Å². The summed E-state index contributed by atoms with van der Waals surface area (Å²) in [7, 11) is 4.99. The first-order valence-corrected chi connectivity index (χ1v) is 4.76. The van der Waals surface area contributed by atoms with E-state index in [1.54, 1.807) is 28.1 Å². The second kappa shape index (κ2) is 4.98. The molecule has 0 saturated carbocycles. The molecular weight excluding hydrogens is 180 g/mol. The topological polar surface area (TPSA) is 40.6 Å². The van der Waals surface area contributed by atoms with Crippen molar-refractivity contribution in [3.63, 3.8) is 0 Å². The minimum Gasteiger partial charge on any atom is -0.331 e. The van der Waals surface area contributed by atoms with E-state index in [4.69, 9.17) is 0 Å². The van der Waals surface area contributed by atoms with Crippen molar-refractivity contribution in [3.8, 4) is 0 Å². The Labute approximate surface area is 85.9 Å². The van der Waals surface area contributed by atoms with Crippen LogP contribution in [0, 0.1) is 5.92 Å². The van der Waals surface area contributed by atoms with E-state index < -0.39 is 0 Å². The van der Waals surface area contributed by atoms with Gasteiger partial charge in [0.05, 0.1) is 6.04 Å². The van der Waals surface area contributed by atoms with Crippen molar-refractivity contribution >= 4 is 11.8 Å². The summed E-state index contributed by atoms with van der Waals surface area (Å²) >= 11 is 0. The highest BCUT2D eigenvalue weighted by molar-refractivity contribution is 5.89. The molecule has 0 radical (unpaired) electrons. The van der Waals surface area contributed by atoms with Gasteiger partial charge in [-0.1, -0.05) is 13.8 Å². The molecule has 0 aliphatic rings. The lowest BCUT2D eigenvalue weighted by Crippen LogP contribution is -2.46. The summed E-state index contributed by atoms with van der Waals surface area (Å²) in [5, 5.41) is 0. The zero-order chi connectivity index (χ0) is 11.5. The molecule has 0 saturated heterocycles. The number of amides is 2. The molecule has 1 atom stereocenters. The van der Waals surface area contributed by atoms with Crippen molar-refractivity contribution in [1.82, 2.24) is 9.80 Å². The molecule has 1 unspecified atom stereocenters. The maximum Gasteiger partial charge on any atom is 0.319 e. The van der Waals surface area contributed by atoms with Crippen LogP contribution in [0.3, 0.4) is 0 Å². The van der Waals surface area contributed by atoms with Gasteiger partial charge >= 0.3 is 6.03 Å². The molecule has 0 spiro atoms. The van der Waals surface area contributed by atoms with Gasteiger partial charge in [-0.25, -0.2) is 4.79 Å². The zero-order valence-corrected chi connectivity index (χ0v) is 9.87. The number of likely N-dealkylation sites (N-methyl/N-ethyl adjacent to an activating group) is 1. The van der Waals surface area contributed by atoms with Gasteiger partial charge in [-0.3, -0.25) is 4.79 Å². The predicted octanol–water partition coefficient (Wildman–Crippen LogP) is 1.21. The fraction of sp³-hybridized carbons (Fsp3) is 0.800. The van der Waals surface area contributed by atoms with Crippen LogP contribution in [0.25, 0.3) is 0 Å². The molecule has 14 heavy (non-hydrogen) atoms.